The molecule has 1 saturated carbocycles. The molecule has 2 aliphatic rings. The van der Waals surface area contributed by atoms with E-state index in [0.29, 0.717) is 16.9 Å². The Hall–Kier alpha value is -1.55. The summed E-state index contributed by atoms with van der Waals surface area (Å²) in [4.78, 5) is 17.4. The zero-order valence-electron chi connectivity index (χ0n) is 9.14. The topological polar surface area (TPSA) is 58.7 Å². The van der Waals surface area contributed by atoms with Gasteiger partial charge in [0.2, 0.25) is 0 Å². The number of halogens is 1. The Morgan fingerprint density at radius 1 is 1.29 bits per heavy atom. The van der Waals surface area contributed by atoms with Gasteiger partial charge in [-0.15, -0.1) is 0 Å². The van der Waals surface area contributed by atoms with Crippen molar-refractivity contribution in [2.45, 2.75) is 24.9 Å². The van der Waals surface area contributed by atoms with Crippen LogP contribution in [-0.2, 0) is 0 Å². The van der Waals surface area contributed by atoms with Gasteiger partial charge in [-0.3, -0.25) is 0 Å². The molecule has 17 heavy (non-hydrogen) atoms. The minimum Gasteiger partial charge on any atom is -0.385 e. The Kier molecular flexibility index (Phi) is 2.33. The van der Waals surface area contributed by atoms with Crippen LogP contribution >= 0.6 is 11.6 Å². The van der Waals surface area contributed by atoms with Crippen molar-refractivity contribution < 1.29 is 4.79 Å². The highest BCUT2D eigenvalue weighted by Gasteiger charge is 2.43. The predicted molar refractivity (Wildman–Crippen MR) is 66.1 cm³/mol. The molecule has 3 rings (SSSR count). The van der Waals surface area contributed by atoms with Crippen molar-refractivity contribution in [3.63, 3.8) is 0 Å². The maximum absolute atomic E-state index is 11.7. The predicted octanol–water partition coefficient (Wildman–Crippen LogP) is 2.34. The van der Waals surface area contributed by atoms with Gasteiger partial charge < -0.3 is 10.6 Å². The Labute approximate surface area is 104 Å². The summed E-state index contributed by atoms with van der Waals surface area (Å²) in [5.74, 6) is 0.379. The first-order chi connectivity index (χ1) is 8.16. The molecule has 2 N–H and O–H groups in total. The van der Waals surface area contributed by atoms with E-state index in [1.54, 1.807) is 17.0 Å². The van der Waals surface area contributed by atoms with E-state index in [0.717, 1.165) is 18.4 Å². The second kappa shape index (κ2) is 3.74. The van der Waals surface area contributed by atoms with Crippen LogP contribution in [0.5, 0.6) is 0 Å². The SMILES string of the molecule is NC1=NC(=O)N(C2CC2)C1c1ccc(Cl)cc1. The molecule has 1 aliphatic heterocycles. The number of hydrogen-bond acceptors (Lipinski definition) is 2. The number of aliphatic imine (C=N–C) groups is 1. The van der Waals surface area contributed by atoms with Crippen LogP contribution in [0.3, 0.4) is 0 Å². The summed E-state index contributed by atoms with van der Waals surface area (Å²) in [6.07, 6.45) is 2.08. The monoisotopic (exact) mass is 249 g/mol. The first-order valence-electron chi connectivity index (χ1n) is 5.58. The number of amides is 2. The summed E-state index contributed by atoms with van der Waals surface area (Å²) in [5, 5.41) is 0.673. The highest BCUT2D eigenvalue weighted by atomic mass is 35.5. The lowest BCUT2D eigenvalue weighted by molar-refractivity contribution is 0.203. The minimum absolute atomic E-state index is 0.215. The summed E-state index contributed by atoms with van der Waals surface area (Å²) in [6, 6.07) is 7.26. The molecule has 1 atom stereocenters. The third-order valence-electron chi connectivity index (χ3n) is 3.13. The molecule has 1 unspecified atom stereocenters. The van der Waals surface area contributed by atoms with E-state index in [1.165, 1.54) is 0 Å². The van der Waals surface area contributed by atoms with Gasteiger partial charge in [-0.1, -0.05) is 23.7 Å². The third-order valence-corrected chi connectivity index (χ3v) is 3.38. The molecule has 1 fully saturated rings. The van der Waals surface area contributed by atoms with Crippen molar-refractivity contribution >= 4 is 23.5 Å². The standard InChI is InChI=1S/C12H12ClN3O/c13-8-3-1-7(2-4-8)10-11(14)15-12(17)16(10)9-5-6-9/h1-4,9-10H,5-6H2,(H2,14,15,17). The van der Waals surface area contributed by atoms with Gasteiger partial charge >= 0.3 is 6.03 Å². The highest BCUT2D eigenvalue weighted by molar-refractivity contribution is 6.30. The fourth-order valence-corrected chi connectivity index (χ4v) is 2.30. The molecule has 88 valence electrons. The number of benzene rings is 1. The molecule has 1 heterocycles. The van der Waals surface area contributed by atoms with Crippen LogP contribution in [0.25, 0.3) is 0 Å². The van der Waals surface area contributed by atoms with Gasteiger partial charge in [-0.2, -0.15) is 4.99 Å². The van der Waals surface area contributed by atoms with E-state index < -0.39 is 0 Å². The number of rotatable bonds is 2. The van der Waals surface area contributed by atoms with Crippen LogP contribution < -0.4 is 5.73 Å². The Morgan fingerprint density at radius 2 is 1.94 bits per heavy atom. The molecule has 0 saturated heterocycles. The molecule has 1 aliphatic carbocycles. The van der Waals surface area contributed by atoms with Crippen LogP contribution in [0, 0.1) is 0 Å². The molecule has 1 aromatic rings. The number of nitrogens with zero attached hydrogens (tertiary/aromatic N) is 2. The molecular formula is C12H12ClN3O. The van der Waals surface area contributed by atoms with Crippen molar-refractivity contribution in [1.82, 2.24) is 4.90 Å². The second-order valence-corrected chi connectivity index (χ2v) is 4.85. The zero-order valence-corrected chi connectivity index (χ0v) is 9.89. The molecule has 0 aromatic heterocycles. The lowest BCUT2D eigenvalue weighted by Gasteiger charge is -2.24. The fourth-order valence-electron chi connectivity index (χ4n) is 2.18. The van der Waals surface area contributed by atoms with Crippen LogP contribution in [-0.4, -0.2) is 22.8 Å². The van der Waals surface area contributed by atoms with Gasteiger partial charge in [-0.25, -0.2) is 4.79 Å². The van der Waals surface area contributed by atoms with Crippen LogP contribution in [0.15, 0.2) is 29.3 Å². The van der Waals surface area contributed by atoms with E-state index in [1.807, 2.05) is 12.1 Å². The van der Waals surface area contributed by atoms with Crippen molar-refractivity contribution in [1.29, 1.82) is 0 Å². The van der Waals surface area contributed by atoms with E-state index in [9.17, 15) is 4.79 Å². The molecule has 0 radical (unpaired) electrons. The molecular weight excluding hydrogens is 238 g/mol. The smallest absolute Gasteiger partial charge is 0.346 e. The van der Waals surface area contributed by atoms with Crippen molar-refractivity contribution in [3.05, 3.63) is 34.9 Å². The number of hydrogen-bond donors (Lipinski definition) is 1. The molecule has 0 bridgehead atoms. The fraction of sp³-hybridized carbons (Fsp3) is 0.333. The number of amidine groups is 1. The zero-order chi connectivity index (χ0) is 12.0. The number of urea groups is 1. The number of carbonyl (C=O) groups excluding carboxylic acids is 1. The summed E-state index contributed by atoms with van der Waals surface area (Å²) < 4.78 is 0. The van der Waals surface area contributed by atoms with Crippen molar-refractivity contribution in [2.75, 3.05) is 0 Å². The van der Waals surface area contributed by atoms with E-state index in [4.69, 9.17) is 17.3 Å². The maximum Gasteiger partial charge on any atom is 0.346 e. The first kappa shape index (κ1) is 10.6. The maximum atomic E-state index is 11.7. The largest absolute Gasteiger partial charge is 0.385 e. The molecule has 0 spiro atoms. The van der Waals surface area contributed by atoms with Gasteiger partial charge in [-0.05, 0) is 30.5 Å². The van der Waals surface area contributed by atoms with Gasteiger partial charge in [0.25, 0.3) is 0 Å². The van der Waals surface area contributed by atoms with Crippen molar-refractivity contribution in [3.8, 4) is 0 Å². The lowest BCUT2D eigenvalue weighted by atomic mass is 10.1. The quantitative estimate of drug-likeness (QED) is 0.875. The average Bonchev–Trinajstić information content (AvgIpc) is 3.07. The summed E-state index contributed by atoms with van der Waals surface area (Å²) in [7, 11) is 0. The number of carbonyl (C=O) groups is 1. The third kappa shape index (κ3) is 1.78. The second-order valence-electron chi connectivity index (χ2n) is 4.41. The summed E-state index contributed by atoms with van der Waals surface area (Å²) >= 11 is 5.85. The molecule has 1 aromatic carbocycles. The van der Waals surface area contributed by atoms with E-state index >= 15 is 0 Å². The molecule has 4 nitrogen and oxygen atoms in total. The van der Waals surface area contributed by atoms with Crippen molar-refractivity contribution in [2.24, 2.45) is 10.7 Å². The van der Waals surface area contributed by atoms with E-state index in [2.05, 4.69) is 4.99 Å². The highest BCUT2D eigenvalue weighted by Crippen LogP contribution is 2.38. The van der Waals surface area contributed by atoms with Crippen LogP contribution in [0.4, 0.5) is 4.79 Å². The Bertz CT molecular complexity index is 493. The van der Waals surface area contributed by atoms with Gasteiger partial charge in [0, 0.05) is 11.1 Å². The normalized spacial score (nSPS) is 24.1. The summed E-state index contributed by atoms with van der Waals surface area (Å²) in [6.45, 7) is 0. The summed E-state index contributed by atoms with van der Waals surface area (Å²) in [5.41, 5.74) is 6.82. The lowest BCUT2D eigenvalue weighted by Crippen LogP contribution is -2.34. The number of nitrogens with two attached hydrogens (primary N) is 1. The van der Waals surface area contributed by atoms with Gasteiger partial charge in [0.05, 0.1) is 0 Å². The Balaban J connectivity index is 1.96. The van der Waals surface area contributed by atoms with Crippen LogP contribution in [0.2, 0.25) is 5.02 Å². The van der Waals surface area contributed by atoms with Gasteiger partial charge in [0.1, 0.15) is 11.9 Å². The molecule has 5 heteroatoms. The van der Waals surface area contributed by atoms with E-state index in [-0.39, 0.29) is 12.1 Å². The Morgan fingerprint density at radius 3 is 2.53 bits per heavy atom. The van der Waals surface area contributed by atoms with Gasteiger partial charge in [0.15, 0.2) is 0 Å². The van der Waals surface area contributed by atoms with Crippen LogP contribution in [0.1, 0.15) is 24.4 Å². The average molecular weight is 250 g/mol. The molecule has 2 amide bonds. The first-order valence-corrected chi connectivity index (χ1v) is 5.96. The minimum atomic E-state index is -0.218.